The first-order valence-electron chi connectivity index (χ1n) is 7.32. The van der Waals surface area contributed by atoms with Gasteiger partial charge in [-0.2, -0.15) is 5.10 Å². The molecule has 22 heavy (non-hydrogen) atoms. The van der Waals surface area contributed by atoms with E-state index in [1.54, 1.807) is 17.7 Å². The van der Waals surface area contributed by atoms with E-state index in [0.29, 0.717) is 18.8 Å². The van der Waals surface area contributed by atoms with Crippen LogP contribution in [0.5, 0.6) is 0 Å². The van der Waals surface area contributed by atoms with Gasteiger partial charge in [-0.3, -0.25) is 10.00 Å². The van der Waals surface area contributed by atoms with Gasteiger partial charge >= 0.3 is 6.03 Å². The molecule has 2 amide bonds. The zero-order chi connectivity index (χ0) is 16.0. The number of carbonyl (C=O) groups is 1. The van der Waals surface area contributed by atoms with Crippen molar-refractivity contribution in [2.45, 2.75) is 32.4 Å². The summed E-state index contributed by atoms with van der Waals surface area (Å²) < 4.78 is 1.76. The van der Waals surface area contributed by atoms with E-state index in [1.807, 2.05) is 43.5 Å². The van der Waals surface area contributed by atoms with Crippen molar-refractivity contribution in [2.24, 2.45) is 0 Å². The van der Waals surface area contributed by atoms with Gasteiger partial charge in [-0.15, -0.1) is 0 Å². The van der Waals surface area contributed by atoms with E-state index in [0.717, 1.165) is 5.56 Å². The van der Waals surface area contributed by atoms with Gasteiger partial charge in [0.15, 0.2) is 5.82 Å². The number of anilines is 1. The Morgan fingerprint density at radius 2 is 2.05 bits per heavy atom. The zero-order valence-corrected chi connectivity index (χ0v) is 12.9. The maximum atomic E-state index is 11.9. The van der Waals surface area contributed by atoms with Gasteiger partial charge in [0.05, 0.1) is 18.7 Å². The molecule has 0 spiro atoms. The van der Waals surface area contributed by atoms with E-state index in [2.05, 4.69) is 15.7 Å². The Balaban J connectivity index is 1.93. The highest BCUT2D eigenvalue weighted by Crippen LogP contribution is 2.09. The number of aliphatic hydroxyl groups is 1. The molecule has 0 aliphatic heterocycles. The van der Waals surface area contributed by atoms with Gasteiger partial charge in [0.25, 0.3) is 0 Å². The predicted molar refractivity (Wildman–Crippen MR) is 85.7 cm³/mol. The molecule has 2 aromatic rings. The third-order valence-corrected chi connectivity index (χ3v) is 3.61. The van der Waals surface area contributed by atoms with Crippen LogP contribution < -0.4 is 10.6 Å². The van der Waals surface area contributed by atoms with Gasteiger partial charge < -0.3 is 10.4 Å². The summed E-state index contributed by atoms with van der Waals surface area (Å²) in [7, 11) is 0. The SMILES string of the molecule is CCC(C)(CO)NC(=O)Nc1ccn(Cc2ccccc2)n1. The second kappa shape index (κ2) is 7.09. The van der Waals surface area contributed by atoms with Crippen LogP contribution >= 0.6 is 0 Å². The van der Waals surface area contributed by atoms with Crippen LogP contribution in [0.1, 0.15) is 25.8 Å². The van der Waals surface area contributed by atoms with Crippen molar-refractivity contribution in [3.8, 4) is 0 Å². The van der Waals surface area contributed by atoms with Crippen LogP contribution in [-0.4, -0.2) is 33.1 Å². The second-order valence-electron chi connectivity index (χ2n) is 5.54. The van der Waals surface area contributed by atoms with Crippen molar-refractivity contribution in [1.29, 1.82) is 0 Å². The largest absolute Gasteiger partial charge is 0.394 e. The van der Waals surface area contributed by atoms with E-state index < -0.39 is 5.54 Å². The molecule has 1 atom stereocenters. The Morgan fingerprint density at radius 1 is 1.32 bits per heavy atom. The zero-order valence-electron chi connectivity index (χ0n) is 12.9. The van der Waals surface area contributed by atoms with Crippen LogP contribution in [0.25, 0.3) is 0 Å². The Morgan fingerprint density at radius 3 is 2.68 bits per heavy atom. The number of benzene rings is 1. The Kier molecular flexibility index (Phi) is 5.16. The second-order valence-corrected chi connectivity index (χ2v) is 5.54. The van der Waals surface area contributed by atoms with Gasteiger partial charge in [0.1, 0.15) is 0 Å². The minimum Gasteiger partial charge on any atom is -0.394 e. The number of aliphatic hydroxyl groups excluding tert-OH is 1. The molecule has 0 radical (unpaired) electrons. The Bertz CT molecular complexity index is 606. The molecule has 0 aliphatic carbocycles. The molecule has 6 nitrogen and oxygen atoms in total. The Labute approximate surface area is 130 Å². The topological polar surface area (TPSA) is 79.2 Å². The lowest BCUT2D eigenvalue weighted by molar-refractivity contribution is 0.172. The molecule has 1 aromatic carbocycles. The van der Waals surface area contributed by atoms with E-state index >= 15 is 0 Å². The molecule has 0 aliphatic rings. The molecule has 1 aromatic heterocycles. The average molecular weight is 302 g/mol. The molecule has 1 heterocycles. The fourth-order valence-electron chi connectivity index (χ4n) is 1.95. The number of amides is 2. The van der Waals surface area contributed by atoms with Crippen molar-refractivity contribution in [3.05, 3.63) is 48.2 Å². The lowest BCUT2D eigenvalue weighted by Gasteiger charge is -2.26. The predicted octanol–water partition coefficient (Wildman–Crippen LogP) is 2.21. The van der Waals surface area contributed by atoms with Crippen LogP contribution in [0.2, 0.25) is 0 Å². The summed E-state index contributed by atoms with van der Waals surface area (Å²) in [6.07, 6.45) is 2.45. The number of aromatic nitrogens is 2. The fourth-order valence-corrected chi connectivity index (χ4v) is 1.95. The van der Waals surface area contributed by atoms with Crippen molar-refractivity contribution in [1.82, 2.24) is 15.1 Å². The molecule has 1 unspecified atom stereocenters. The molecule has 0 fully saturated rings. The normalized spacial score (nSPS) is 13.4. The van der Waals surface area contributed by atoms with Crippen molar-refractivity contribution in [3.63, 3.8) is 0 Å². The standard InChI is InChI=1S/C16H22N4O2/c1-3-16(2,12-21)18-15(22)17-14-9-10-20(19-14)11-13-7-5-4-6-8-13/h4-10,21H,3,11-12H2,1-2H3,(H2,17,18,19,22). The minimum absolute atomic E-state index is 0.112. The molecule has 3 N–H and O–H groups in total. The summed E-state index contributed by atoms with van der Waals surface area (Å²) in [6.45, 7) is 4.23. The first kappa shape index (κ1) is 16.0. The molecular weight excluding hydrogens is 280 g/mol. The number of urea groups is 1. The molecule has 0 saturated heterocycles. The number of hydrogen-bond acceptors (Lipinski definition) is 3. The lowest BCUT2D eigenvalue weighted by atomic mass is 10.0. The van der Waals surface area contributed by atoms with Crippen LogP contribution in [0, 0.1) is 0 Å². The van der Waals surface area contributed by atoms with Gasteiger partial charge in [-0.1, -0.05) is 37.3 Å². The highest BCUT2D eigenvalue weighted by molar-refractivity contribution is 5.88. The van der Waals surface area contributed by atoms with Crippen LogP contribution in [0.3, 0.4) is 0 Å². The van der Waals surface area contributed by atoms with Crippen molar-refractivity contribution >= 4 is 11.8 Å². The summed E-state index contributed by atoms with van der Waals surface area (Å²) in [5.41, 5.74) is 0.511. The molecule has 118 valence electrons. The third kappa shape index (κ3) is 4.33. The number of hydrogen-bond donors (Lipinski definition) is 3. The lowest BCUT2D eigenvalue weighted by Crippen LogP contribution is -2.50. The van der Waals surface area contributed by atoms with Crippen molar-refractivity contribution in [2.75, 3.05) is 11.9 Å². The first-order valence-corrected chi connectivity index (χ1v) is 7.32. The molecule has 0 bridgehead atoms. The summed E-state index contributed by atoms with van der Waals surface area (Å²) >= 11 is 0. The summed E-state index contributed by atoms with van der Waals surface area (Å²) in [4.78, 5) is 11.9. The number of rotatable bonds is 6. The van der Waals surface area contributed by atoms with E-state index in [1.165, 1.54) is 0 Å². The first-order chi connectivity index (χ1) is 10.5. The van der Waals surface area contributed by atoms with Crippen LogP contribution in [-0.2, 0) is 6.54 Å². The maximum absolute atomic E-state index is 11.9. The highest BCUT2D eigenvalue weighted by atomic mass is 16.3. The average Bonchev–Trinajstić information content (AvgIpc) is 2.95. The smallest absolute Gasteiger partial charge is 0.320 e. The summed E-state index contributed by atoms with van der Waals surface area (Å²) in [5.74, 6) is 0.477. The number of carbonyl (C=O) groups excluding carboxylic acids is 1. The van der Waals surface area contributed by atoms with Gasteiger partial charge in [-0.05, 0) is 18.9 Å². The number of nitrogens with one attached hydrogen (secondary N) is 2. The molecule has 6 heteroatoms. The fraction of sp³-hybridized carbons (Fsp3) is 0.375. The number of nitrogens with zero attached hydrogens (tertiary/aromatic N) is 2. The van der Waals surface area contributed by atoms with Gasteiger partial charge in [0, 0.05) is 12.3 Å². The maximum Gasteiger partial charge on any atom is 0.320 e. The van der Waals surface area contributed by atoms with Gasteiger partial charge in [0.2, 0.25) is 0 Å². The van der Waals surface area contributed by atoms with E-state index in [9.17, 15) is 9.90 Å². The quantitative estimate of drug-likeness (QED) is 0.765. The molecule has 2 rings (SSSR count). The van der Waals surface area contributed by atoms with E-state index in [4.69, 9.17) is 0 Å². The summed E-state index contributed by atoms with van der Waals surface area (Å²) in [5, 5.41) is 19.0. The highest BCUT2D eigenvalue weighted by Gasteiger charge is 2.23. The minimum atomic E-state index is -0.628. The van der Waals surface area contributed by atoms with Gasteiger partial charge in [-0.25, -0.2) is 4.79 Å². The molecular formula is C16H22N4O2. The van der Waals surface area contributed by atoms with Crippen LogP contribution in [0.15, 0.2) is 42.6 Å². The Hall–Kier alpha value is -2.34. The summed E-state index contributed by atoms with van der Waals surface area (Å²) in [6, 6.07) is 11.3. The van der Waals surface area contributed by atoms with Crippen LogP contribution in [0.4, 0.5) is 10.6 Å². The molecule has 0 saturated carbocycles. The monoisotopic (exact) mass is 302 g/mol. The van der Waals surface area contributed by atoms with E-state index in [-0.39, 0.29) is 12.6 Å². The van der Waals surface area contributed by atoms with Crippen molar-refractivity contribution < 1.29 is 9.90 Å². The third-order valence-electron chi connectivity index (χ3n) is 3.61.